The molecule has 64 heavy (non-hydrogen) atoms. The lowest BCUT2D eigenvalue weighted by molar-refractivity contribution is -0.385. The van der Waals surface area contributed by atoms with Crippen molar-refractivity contribution in [3.8, 4) is 0 Å². The van der Waals surface area contributed by atoms with Gasteiger partial charge in [0.2, 0.25) is 0 Å². The van der Waals surface area contributed by atoms with E-state index in [1.54, 1.807) is 13.2 Å². The van der Waals surface area contributed by atoms with Crippen molar-refractivity contribution in [2.75, 3.05) is 26.9 Å². The minimum Gasteiger partial charge on any atom is -0.460 e. The molecule has 13 N–H and O–H groups in total. The van der Waals surface area contributed by atoms with Crippen molar-refractivity contribution in [1.82, 2.24) is 0 Å². The number of esters is 1. The third kappa shape index (κ3) is 11.5. The van der Waals surface area contributed by atoms with Crippen molar-refractivity contribution in [3.05, 3.63) is 12.2 Å². The fraction of sp³-hybridized carbons (Fsp3) is 0.929. The van der Waals surface area contributed by atoms with Gasteiger partial charge in [-0.3, -0.25) is 0 Å². The van der Waals surface area contributed by atoms with Crippen LogP contribution >= 0.6 is 0 Å². The van der Waals surface area contributed by atoms with Gasteiger partial charge in [-0.15, -0.1) is 0 Å². The Balaban J connectivity index is 1.06. The van der Waals surface area contributed by atoms with Crippen molar-refractivity contribution in [3.63, 3.8) is 0 Å². The topological polar surface area (TPSA) is 346 Å². The summed E-state index contributed by atoms with van der Waals surface area (Å²) in [5.41, 5.74) is 0. The third-order valence-corrected chi connectivity index (χ3v) is 14.3. The van der Waals surface area contributed by atoms with Crippen LogP contribution in [-0.4, -0.2) is 234 Å². The van der Waals surface area contributed by atoms with E-state index in [1.165, 1.54) is 6.08 Å². The van der Waals surface area contributed by atoms with Crippen LogP contribution in [0.15, 0.2) is 12.2 Å². The number of hydrogen-bond donors (Lipinski definition) is 12. The third-order valence-electron chi connectivity index (χ3n) is 14.3. The van der Waals surface area contributed by atoms with E-state index in [2.05, 4.69) is 0 Å². The number of carbonyl (C=O) groups excluding carboxylic acids is 1. The number of rotatable bonds is 13. The largest absolute Gasteiger partial charge is 0.460 e. The SMILES string of the molecule is COC1CCCCC1C=CC(=O)OC[C@H]1O[C@@H](OC[C@H]2O[C@@H](OC3CC4C(O)CC(O)CC4[OH+]C3C3CCC(O)C(O)C3)[C@H](O[C@@H]3OC[C@@H](O)[C@H](O)[C@H]3O)[C@@H](O)[C@H]2O)[C@H](O)[C@@H](O)[C@@H]1O. The van der Waals surface area contributed by atoms with E-state index >= 15 is 0 Å². The molecule has 0 radical (unpaired) electrons. The number of aliphatic hydroxyl groups is 14. The van der Waals surface area contributed by atoms with Gasteiger partial charge in [-0.2, -0.15) is 0 Å². The second kappa shape index (κ2) is 22.2. The van der Waals surface area contributed by atoms with Crippen molar-refractivity contribution >= 4 is 5.97 Å². The summed E-state index contributed by atoms with van der Waals surface area (Å²) in [6.45, 7) is -1.64. The quantitative estimate of drug-likeness (QED) is 0.0468. The molecule has 0 aromatic heterocycles. The molecular weight excluding hydrogens is 856 g/mol. The Morgan fingerprint density at radius 2 is 1.34 bits per heavy atom. The normalized spacial score (nSPS) is 50.5. The van der Waals surface area contributed by atoms with Gasteiger partial charge in [0.25, 0.3) is 0 Å². The summed E-state index contributed by atoms with van der Waals surface area (Å²) in [7, 11) is 1.61. The first-order chi connectivity index (χ1) is 30.5. The second-order valence-corrected chi connectivity index (χ2v) is 18.6. The Labute approximate surface area is 370 Å². The first kappa shape index (κ1) is 50.3. The van der Waals surface area contributed by atoms with E-state index in [9.17, 15) is 66.1 Å². The standard InChI is InChI=1S/C42H68O22/c1-56-25-5-3-2-4-17(25)7-9-30(48)57-15-28-32(50)34(52)37(55)40(62-28)59-16-29-33(51)35(53)39(64-41-36(54)31(49)24(47)14-58-41)42(63-29)61-27-13-20-22(45)11-19(43)12-26(20)60-38(27)18-6-8-21(44)23(46)10-18/h7,9,17-29,31-47,49-55H,2-6,8,10-16H2,1H3/p+1/t17?,18?,19?,20?,21?,22?,23?,24-,25?,26?,27?,28-,29-,31+,32-,33+,34+,35+,36-,37-,38?,39-,40-,41+,42-/m1/s1. The summed E-state index contributed by atoms with van der Waals surface area (Å²) >= 11 is 0. The zero-order valence-corrected chi connectivity index (χ0v) is 35.8. The molecule has 0 amide bonds. The molecular formula is C42H69O22+. The molecule has 3 saturated carbocycles. The van der Waals surface area contributed by atoms with Crippen LogP contribution in [0, 0.1) is 17.8 Å². The number of aliphatic hydroxyl groups excluding tert-OH is 12. The van der Waals surface area contributed by atoms with Gasteiger partial charge in [-0.25, -0.2) is 4.79 Å². The molecule has 7 aliphatic rings. The fourth-order valence-electron chi connectivity index (χ4n) is 10.5. The molecule has 22 heteroatoms. The maximum atomic E-state index is 12.7. The molecule has 25 atom stereocenters. The smallest absolute Gasteiger partial charge is 0.330 e. The molecule has 3 aliphatic carbocycles. The van der Waals surface area contributed by atoms with Crippen LogP contribution in [-0.2, 0) is 42.7 Å². The molecule has 368 valence electrons. The minimum atomic E-state index is -1.89. The molecule has 0 spiro atoms. The molecule has 11 unspecified atom stereocenters. The molecule has 22 nitrogen and oxygen atoms in total. The van der Waals surface area contributed by atoms with E-state index in [1.807, 2.05) is 0 Å². The van der Waals surface area contributed by atoms with Gasteiger partial charge in [-0.05, 0) is 38.5 Å². The highest BCUT2D eigenvalue weighted by Crippen LogP contribution is 2.43. The van der Waals surface area contributed by atoms with Crippen molar-refractivity contribution in [2.45, 2.75) is 199 Å². The number of hydrogen-bond acceptors (Lipinski definition) is 21. The summed E-state index contributed by atoms with van der Waals surface area (Å²) in [5, 5.41) is 129. The first-order valence-corrected chi connectivity index (χ1v) is 22.6. The lowest BCUT2D eigenvalue weighted by Gasteiger charge is -2.49. The zero-order chi connectivity index (χ0) is 46.0. The number of methoxy groups -OCH3 is 1. The molecule has 7 rings (SSSR count). The Morgan fingerprint density at radius 3 is 2.09 bits per heavy atom. The summed E-state index contributed by atoms with van der Waals surface area (Å²) in [6, 6.07) is 0. The van der Waals surface area contributed by atoms with E-state index in [0.717, 1.165) is 25.7 Å². The Hall–Kier alpha value is -1.59. The molecule has 0 aromatic carbocycles. The van der Waals surface area contributed by atoms with Crippen LogP contribution < -0.4 is 0 Å². The average molecular weight is 926 g/mol. The van der Waals surface area contributed by atoms with Crippen molar-refractivity contribution in [1.29, 1.82) is 0 Å². The van der Waals surface area contributed by atoms with Gasteiger partial charge in [-0.1, -0.05) is 18.9 Å². The van der Waals surface area contributed by atoms with Gasteiger partial charge < -0.3 is 104 Å². The highest BCUT2D eigenvalue weighted by molar-refractivity contribution is 5.81. The van der Waals surface area contributed by atoms with Gasteiger partial charge in [0.15, 0.2) is 31.1 Å². The summed E-state index contributed by atoms with van der Waals surface area (Å²) in [4.78, 5) is 12.7. The number of fused-ring (bicyclic) bond motifs is 1. The first-order valence-electron chi connectivity index (χ1n) is 22.6. The monoisotopic (exact) mass is 925 g/mol. The summed E-state index contributed by atoms with van der Waals surface area (Å²) < 4.78 is 51.6. The lowest BCUT2D eigenvalue weighted by atomic mass is 9.72. The molecule has 0 bridgehead atoms. The van der Waals surface area contributed by atoms with Gasteiger partial charge in [0.05, 0.1) is 49.7 Å². The predicted molar refractivity (Wildman–Crippen MR) is 212 cm³/mol. The van der Waals surface area contributed by atoms with Crippen LogP contribution in [0.1, 0.15) is 64.2 Å². The molecule has 0 aromatic rings. The molecule has 4 heterocycles. The summed E-state index contributed by atoms with van der Waals surface area (Å²) in [6.07, 6.45) is -21.4. The highest BCUT2D eigenvalue weighted by Gasteiger charge is 2.56. The second-order valence-electron chi connectivity index (χ2n) is 18.6. The minimum absolute atomic E-state index is 0.0153. The Morgan fingerprint density at radius 1 is 0.641 bits per heavy atom. The van der Waals surface area contributed by atoms with Gasteiger partial charge >= 0.3 is 5.97 Å². The van der Waals surface area contributed by atoms with Crippen molar-refractivity contribution in [2.24, 2.45) is 17.8 Å². The van der Waals surface area contributed by atoms with E-state index < -0.39 is 160 Å². The summed E-state index contributed by atoms with van der Waals surface area (Å²) in [5.74, 6) is -1.54. The van der Waals surface area contributed by atoms with Crippen LogP contribution in [0.25, 0.3) is 0 Å². The van der Waals surface area contributed by atoms with E-state index in [-0.39, 0.29) is 50.0 Å². The Bertz CT molecular complexity index is 1510. The van der Waals surface area contributed by atoms with Crippen molar-refractivity contribution < 1.29 is 109 Å². The Kier molecular flexibility index (Phi) is 17.5. The van der Waals surface area contributed by atoms with Crippen LogP contribution in [0.2, 0.25) is 0 Å². The predicted octanol–water partition coefficient (Wildman–Crippen LogP) is -4.91. The van der Waals surface area contributed by atoms with Gasteiger partial charge in [0, 0.05) is 37.9 Å². The number of ether oxygens (including phenoxy) is 9. The van der Waals surface area contributed by atoms with E-state index in [4.69, 9.17) is 42.6 Å². The number of carbonyl (C=O) groups is 1. The molecule has 7 fully saturated rings. The van der Waals surface area contributed by atoms with Gasteiger partial charge in [0.1, 0.15) is 79.9 Å². The van der Waals surface area contributed by atoms with Crippen LogP contribution in [0.5, 0.6) is 0 Å². The average Bonchev–Trinajstić information content (AvgIpc) is 3.27. The fourth-order valence-corrected chi connectivity index (χ4v) is 10.5. The van der Waals surface area contributed by atoms with Crippen LogP contribution in [0.4, 0.5) is 0 Å². The maximum absolute atomic E-state index is 12.7. The van der Waals surface area contributed by atoms with E-state index in [0.29, 0.717) is 6.42 Å². The zero-order valence-electron chi connectivity index (χ0n) is 35.8. The maximum Gasteiger partial charge on any atom is 0.330 e. The molecule has 4 saturated heterocycles. The highest BCUT2D eigenvalue weighted by atomic mass is 16.8. The molecule has 4 aliphatic heterocycles. The lowest BCUT2D eigenvalue weighted by Crippen LogP contribution is -2.65. The van der Waals surface area contributed by atoms with Crippen LogP contribution in [0.3, 0.4) is 0 Å².